The van der Waals surface area contributed by atoms with Crippen LogP contribution in [0.4, 0.5) is 0 Å². The molecule has 1 N–H and O–H groups in total. The van der Waals surface area contributed by atoms with Gasteiger partial charge in [0.2, 0.25) is 0 Å². The lowest BCUT2D eigenvalue weighted by atomic mass is 10.2. The van der Waals surface area contributed by atoms with Gasteiger partial charge in [0.05, 0.1) is 28.6 Å². The molecule has 4 nitrogen and oxygen atoms in total. The van der Waals surface area contributed by atoms with Gasteiger partial charge in [-0.2, -0.15) is 5.10 Å². The number of rotatable bonds is 2. The van der Waals surface area contributed by atoms with E-state index in [1.54, 1.807) is 24.5 Å². The van der Waals surface area contributed by atoms with Gasteiger partial charge in [0.15, 0.2) is 0 Å². The number of fused-ring (bicyclic) bond motifs is 1. The lowest BCUT2D eigenvalue weighted by Gasteiger charge is -1.99. The van der Waals surface area contributed by atoms with Gasteiger partial charge in [-0.05, 0) is 13.8 Å². The highest BCUT2D eigenvalue weighted by molar-refractivity contribution is 7.19. The Hall–Kier alpha value is -1.36. The van der Waals surface area contributed by atoms with Crippen LogP contribution >= 0.6 is 11.3 Å². The average molecular weight is 210 g/mol. The molecule has 0 unspecified atom stereocenters. The molecular formula is C9H10N2O2S. The maximum Gasteiger partial charge on any atom is 0.341 e. The Morgan fingerprint density at radius 3 is 3.21 bits per heavy atom. The average Bonchev–Trinajstić information content (AvgIpc) is 2.63. The molecule has 0 atom stereocenters. The van der Waals surface area contributed by atoms with E-state index >= 15 is 0 Å². The summed E-state index contributed by atoms with van der Waals surface area (Å²) in [6.07, 6.45) is 1.72. The SMILES string of the molecule is CCOC(=O)c1c(C)sc2cn[nH]c12. The van der Waals surface area contributed by atoms with E-state index in [1.165, 1.54) is 0 Å². The van der Waals surface area contributed by atoms with Crippen LogP contribution in [0.5, 0.6) is 0 Å². The molecule has 2 rings (SSSR count). The fourth-order valence-electron chi connectivity index (χ4n) is 1.37. The predicted octanol–water partition coefficient (Wildman–Crippen LogP) is 2.11. The van der Waals surface area contributed by atoms with E-state index in [1.807, 2.05) is 6.92 Å². The molecule has 0 bridgehead atoms. The summed E-state index contributed by atoms with van der Waals surface area (Å²) < 4.78 is 5.96. The third-order valence-electron chi connectivity index (χ3n) is 1.95. The molecule has 2 aromatic rings. The number of ether oxygens (including phenoxy) is 1. The van der Waals surface area contributed by atoms with E-state index in [4.69, 9.17) is 4.74 Å². The van der Waals surface area contributed by atoms with Gasteiger partial charge < -0.3 is 4.74 Å². The molecular weight excluding hydrogens is 200 g/mol. The molecule has 0 radical (unpaired) electrons. The van der Waals surface area contributed by atoms with Crippen molar-refractivity contribution in [2.75, 3.05) is 6.61 Å². The highest BCUT2D eigenvalue weighted by Crippen LogP contribution is 2.29. The first-order valence-electron chi connectivity index (χ1n) is 4.33. The van der Waals surface area contributed by atoms with Gasteiger partial charge in [-0.1, -0.05) is 0 Å². The van der Waals surface area contributed by atoms with Crippen molar-refractivity contribution in [2.24, 2.45) is 0 Å². The number of aryl methyl sites for hydroxylation is 1. The maximum absolute atomic E-state index is 11.6. The summed E-state index contributed by atoms with van der Waals surface area (Å²) in [6, 6.07) is 0. The molecule has 0 aliphatic heterocycles. The molecule has 0 aliphatic rings. The molecule has 0 spiro atoms. The van der Waals surface area contributed by atoms with Crippen LogP contribution in [-0.2, 0) is 4.74 Å². The summed E-state index contributed by atoms with van der Waals surface area (Å²) >= 11 is 1.55. The van der Waals surface area contributed by atoms with Crippen molar-refractivity contribution in [2.45, 2.75) is 13.8 Å². The minimum absolute atomic E-state index is 0.277. The van der Waals surface area contributed by atoms with Gasteiger partial charge in [0.1, 0.15) is 0 Å². The maximum atomic E-state index is 11.6. The van der Waals surface area contributed by atoms with Gasteiger partial charge in [-0.3, -0.25) is 5.10 Å². The summed E-state index contributed by atoms with van der Waals surface area (Å²) in [6.45, 7) is 4.10. The van der Waals surface area contributed by atoms with Crippen molar-refractivity contribution >= 4 is 27.5 Å². The molecule has 0 fully saturated rings. The zero-order valence-electron chi connectivity index (χ0n) is 7.96. The minimum atomic E-state index is -0.277. The van der Waals surface area contributed by atoms with Crippen molar-refractivity contribution in [1.82, 2.24) is 10.2 Å². The highest BCUT2D eigenvalue weighted by Gasteiger charge is 2.18. The Labute approximate surface area is 84.9 Å². The Morgan fingerprint density at radius 1 is 1.71 bits per heavy atom. The van der Waals surface area contributed by atoms with Crippen LogP contribution in [0.1, 0.15) is 22.2 Å². The fraction of sp³-hybridized carbons (Fsp3) is 0.333. The van der Waals surface area contributed by atoms with E-state index in [0.717, 1.165) is 15.1 Å². The van der Waals surface area contributed by atoms with Gasteiger partial charge in [0, 0.05) is 4.88 Å². The van der Waals surface area contributed by atoms with E-state index in [9.17, 15) is 4.79 Å². The van der Waals surface area contributed by atoms with E-state index < -0.39 is 0 Å². The number of aromatic nitrogens is 2. The number of esters is 1. The van der Waals surface area contributed by atoms with Crippen LogP contribution in [0, 0.1) is 6.92 Å². The predicted molar refractivity (Wildman–Crippen MR) is 54.7 cm³/mol. The van der Waals surface area contributed by atoms with Crippen molar-refractivity contribution in [3.05, 3.63) is 16.6 Å². The van der Waals surface area contributed by atoms with E-state index in [2.05, 4.69) is 10.2 Å². The van der Waals surface area contributed by atoms with Crippen molar-refractivity contribution in [3.63, 3.8) is 0 Å². The van der Waals surface area contributed by atoms with Crippen LogP contribution in [0.2, 0.25) is 0 Å². The number of carbonyl (C=O) groups is 1. The summed E-state index contributed by atoms with van der Waals surface area (Å²) in [5, 5.41) is 6.69. The Bertz CT molecular complexity index is 472. The van der Waals surface area contributed by atoms with Gasteiger partial charge in [-0.25, -0.2) is 4.79 Å². The van der Waals surface area contributed by atoms with Crippen LogP contribution in [0.3, 0.4) is 0 Å². The Morgan fingerprint density at radius 2 is 2.50 bits per heavy atom. The van der Waals surface area contributed by atoms with Crippen LogP contribution in [0.15, 0.2) is 6.20 Å². The van der Waals surface area contributed by atoms with Crippen LogP contribution < -0.4 is 0 Å². The molecule has 5 heteroatoms. The van der Waals surface area contributed by atoms with Crippen molar-refractivity contribution in [1.29, 1.82) is 0 Å². The first-order valence-corrected chi connectivity index (χ1v) is 5.15. The molecule has 2 aromatic heterocycles. The third kappa shape index (κ3) is 1.29. The highest BCUT2D eigenvalue weighted by atomic mass is 32.1. The lowest BCUT2D eigenvalue weighted by molar-refractivity contribution is 0.0528. The summed E-state index contributed by atoms with van der Waals surface area (Å²) in [7, 11) is 0. The number of thiophene rings is 1. The smallest absolute Gasteiger partial charge is 0.341 e. The number of hydrogen-bond acceptors (Lipinski definition) is 4. The summed E-state index contributed by atoms with van der Waals surface area (Å²) in [4.78, 5) is 12.5. The second-order valence-electron chi connectivity index (χ2n) is 2.86. The topological polar surface area (TPSA) is 55.0 Å². The number of carbonyl (C=O) groups excluding carboxylic acids is 1. The molecule has 14 heavy (non-hydrogen) atoms. The number of aromatic amines is 1. The van der Waals surface area contributed by atoms with Crippen molar-refractivity contribution < 1.29 is 9.53 Å². The minimum Gasteiger partial charge on any atom is -0.462 e. The molecule has 74 valence electrons. The summed E-state index contributed by atoms with van der Waals surface area (Å²) in [5.41, 5.74) is 1.40. The third-order valence-corrected chi connectivity index (χ3v) is 2.99. The molecule has 0 saturated heterocycles. The largest absolute Gasteiger partial charge is 0.462 e. The number of nitrogens with one attached hydrogen (secondary N) is 1. The first kappa shape index (κ1) is 9.21. The van der Waals surface area contributed by atoms with Gasteiger partial charge in [0.25, 0.3) is 0 Å². The van der Waals surface area contributed by atoms with Crippen molar-refractivity contribution in [3.8, 4) is 0 Å². The standard InChI is InChI=1S/C9H10N2O2S/c1-3-13-9(12)7-5(2)14-6-4-10-11-8(6)7/h4H,3H2,1-2H3,(H,10,11). The quantitative estimate of drug-likeness (QED) is 0.772. The Balaban J connectivity index is 2.53. The first-order chi connectivity index (χ1) is 6.74. The number of nitrogens with zero attached hydrogens (tertiary/aromatic N) is 1. The number of H-pyrrole nitrogens is 1. The zero-order chi connectivity index (χ0) is 10.1. The number of hydrogen-bond donors (Lipinski definition) is 1. The van der Waals surface area contributed by atoms with Gasteiger partial charge in [-0.15, -0.1) is 11.3 Å². The molecule has 2 heterocycles. The molecule has 0 saturated carbocycles. The van der Waals surface area contributed by atoms with E-state index in [-0.39, 0.29) is 5.97 Å². The monoisotopic (exact) mass is 210 g/mol. The summed E-state index contributed by atoms with van der Waals surface area (Å²) in [5.74, 6) is -0.277. The molecule has 0 amide bonds. The lowest BCUT2D eigenvalue weighted by Crippen LogP contribution is -2.05. The van der Waals surface area contributed by atoms with Crippen LogP contribution in [0.25, 0.3) is 10.2 Å². The Kier molecular flexibility index (Phi) is 2.25. The van der Waals surface area contributed by atoms with Gasteiger partial charge >= 0.3 is 5.97 Å². The fourth-order valence-corrected chi connectivity index (χ4v) is 2.35. The van der Waals surface area contributed by atoms with E-state index in [0.29, 0.717) is 12.2 Å². The molecule has 0 aliphatic carbocycles. The molecule has 0 aromatic carbocycles. The zero-order valence-corrected chi connectivity index (χ0v) is 8.77. The van der Waals surface area contributed by atoms with Crippen LogP contribution in [-0.4, -0.2) is 22.8 Å². The second-order valence-corrected chi connectivity index (χ2v) is 4.12. The normalized spacial score (nSPS) is 10.7. The second kappa shape index (κ2) is 3.42.